The van der Waals surface area contributed by atoms with Crippen molar-refractivity contribution in [1.29, 1.82) is 0 Å². The summed E-state index contributed by atoms with van der Waals surface area (Å²) in [4.78, 5) is 7.76. The van der Waals surface area contributed by atoms with E-state index in [1.165, 1.54) is 0 Å². The van der Waals surface area contributed by atoms with Crippen LogP contribution >= 0.6 is 23.4 Å². The van der Waals surface area contributed by atoms with Gasteiger partial charge in [-0.25, -0.2) is 4.98 Å². The third-order valence-corrected chi connectivity index (χ3v) is 4.22. The minimum Gasteiger partial charge on any atom is -0.494 e. The lowest BCUT2D eigenvalue weighted by molar-refractivity contribution is 0.332. The molecule has 4 nitrogen and oxygen atoms in total. The molecule has 0 bridgehead atoms. The van der Waals surface area contributed by atoms with Gasteiger partial charge in [0.1, 0.15) is 11.5 Å². The van der Waals surface area contributed by atoms with Crippen LogP contribution in [0.1, 0.15) is 6.92 Å². The zero-order chi connectivity index (χ0) is 16.1. The number of aromatic amines is 1. The van der Waals surface area contributed by atoms with Crippen molar-refractivity contribution in [2.75, 3.05) is 19.0 Å². The lowest BCUT2D eigenvalue weighted by Crippen LogP contribution is -2.00. The van der Waals surface area contributed by atoms with E-state index < -0.39 is 0 Å². The molecule has 1 heterocycles. The van der Waals surface area contributed by atoms with Gasteiger partial charge in [0.05, 0.1) is 24.2 Å². The molecule has 0 aliphatic heterocycles. The number of halogens is 1. The Morgan fingerprint density at radius 3 is 2.57 bits per heavy atom. The Morgan fingerprint density at radius 2 is 1.83 bits per heavy atom. The molecule has 1 N–H and O–H groups in total. The van der Waals surface area contributed by atoms with Crippen LogP contribution in [-0.4, -0.2) is 28.9 Å². The zero-order valence-electron chi connectivity index (χ0n) is 12.7. The first kappa shape index (κ1) is 16.0. The van der Waals surface area contributed by atoms with Gasteiger partial charge in [-0.05, 0) is 49.4 Å². The monoisotopic (exact) mass is 348 g/mol. The Morgan fingerprint density at radius 1 is 1.09 bits per heavy atom. The second-order valence-electron chi connectivity index (χ2n) is 4.80. The zero-order valence-corrected chi connectivity index (χ0v) is 14.3. The summed E-state index contributed by atoms with van der Waals surface area (Å²) in [5.74, 6) is 2.50. The van der Waals surface area contributed by atoms with Crippen LogP contribution in [0.25, 0.3) is 11.0 Å². The number of hydrogen-bond acceptors (Lipinski definition) is 4. The largest absolute Gasteiger partial charge is 0.494 e. The highest BCUT2D eigenvalue weighted by molar-refractivity contribution is 7.99. The maximum absolute atomic E-state index is 5.97. The van der Waals surface area contributed by atoms with Crippen molar-refractivity contribution in [1.82, 2.24) is 9.97 Å². The van der Waals surface area contributed by atoms with Gasteiger partial charge in [0.25, 0.3) is 0 Å². The number of fused-ring (bicyclic) bond motifs is 1. The van der Waals surface area contributed by atoms with Gasteiger partial charge in [0.2, 0.25) is 0 Å². The first-order valence-electron chi connectivity index (χ1n) is 7.38. The van der Waals surface area contributed by atoms with E-state index in [0.29, 0.717) is 18.2 Å². The Bertz CT molecular complexity index is 774. The molecule has 3 aromatic rings. The molecule has 0 atom stereocenters. The predicted molar refractivity (Wildman–Crippen MR) is 94.9 cm³/mol. The van der Waals surface area contributed by atoms with Crippen LogP contribution in [-0.2, 0) is 0 Å². The van der Waals surface area contributed by atoms with Crippen LogP contribution in [0.5, 0.6) is 11.5 Å². The number of ether oxygens (including phenoxy) is 2. The molecule has 0 aliphatic rings. The predicted octanol–water partition coefficient (Wildman–Crippen LogP) is 4.79. The molecule has 0 unspecified atom stereocenters. The topological polar surface area (TPSA) is 47.1 Å². The fourth-order valence-corrected chi connectivity index (χ4v) is 3.00. The third kappa shape index (κ3) is 4.33. The van der Waals surface area contributed by atoms with E-state index in [-0.39, 0.29) is 0 Å². The Balaban J connectivity index is 1.48. The van der Waals surface area contributed by atoms with Gasteiger partial charge >= 0.3 is 0 Å². The van der Waals surface area contributed by atoms with E-state index in [4.69, 9.17) is 21.1 Å². The van der Waals surface area contributed by atoms with Crippen LogP contribution in [0.15, 0.2) is 47.6 Å². The highest BCUT2D eigenvalue weighted by atomic mass is 35.5. The van der Waals surface area contributed by atoms with Gasteiger partial charge in [-0.2, -0.15) is 0 Å². The van der Waals surface area contributed by atoms with Crippen LogP contribution in [0, 0.1) is 0 Å². The van der Waals surface area contributed by atoms with Gasteiger partial charge in [0, 0.05) is 10.8 Å². The number of nitrogens with zero attached hydrogens (tertiary/aromatic N) is 1. The number of aromatic nitrogens is 2. The van der Waals surface area contributed by atoms with Crippen molar-refractivity contribution in [3.8, 4) is 11.5 Å². The molecule has 3 rings (SSSR count). The fraction of sp³-hybridized carbons (Fsp3) is 0.235. The van der Waals surface area contributed by atoms with Gasteiger partial charge in [0.15, 0.2) is 5.16 Å². The van der Waals surface area contributed by atoms with E-state index in [2.05, 4.69) is 9.97 Å². The number of thioether (sulfide) groups is 1. The molecule has 120 valence electrons. The van der Waals surface area contributed by atoms with Crippen LogP contribution in [0.4, 0.5) is 0 Å². The smallest absolute Gasteiger partial charge is 0.166 e. The number of benzene rings is 2. The molecule has 0 saturated carbocycles. The molecule has 23 heavy (non-hydrogen) atoms. The molecule has 6 heteroatoms. The maximum Gasteiger partial charge on any atom is 0.166 e. The molecular formula is C17H17ClN2O2S. The minimum atomic E-state index is 0.608. The molecule has 0 aliphatic carbocycles. The summed E-state index contributed by atoms with van der Waals surface area (Å²) in [7, 11) is 0. The first-order valence-corrected chi connectivity index (χ1v) is 8.74. The minimum absolute atomic E-state index is 0.608. The second-order valence-corrected chi connectivity index (χ2v) is 6.32. The summed E-state index contributed by atoms with van der Waals surface area (Å²) in [6.45, 7) is 3.24. The number of imidazole rings is 1. The summed E-state index contributed by atoms with van der Waals surface area (Å²) >= 11 is 7.59. The van der Waals surface area contributed by atoms with Crippen molar-refractivity contribution in [2.45, 2.75) is 12.1 Å². The molecule has 0 fully saturated rings. The average Bonchev–Trinajstić information content (AvgIpc) is 2.95. The lowest BCUT2D eigenvalue weighted by Gasteiger charge is -2.07. The Labute approximate surface area is 144 Å². The third-order valence-electron chi connectivity index (χ3n) is 3.15. The molecule has 0 spiro atoms. The van der Waals surface area contributed by atoms with Crippen molar-refractivity contribution in [3.63, 3.8) is 0 Å². The van der Waals surface area contributed by atoms with Crippen LogP contribution in [0.2, 0.25) is 5.02 Å². The summed E-state index contributed by atoms with van der Waals surface area (Å²) in [6, 6.07) is 13.3. The highest BCUT2D eigenvalue weighted by Crippen LogP contribution is 2.22. The second kappa shape index (κ2) is 7.62. The van der Waals surface area contributed by atoms with Crippen molar-refractivity contribution < 1.29 is 9.47 Å². The average molecular weight is 349 g/mol. The standard InChI is InChI=1S/C17H17ClN2O2S/c1-2-21-13-4-6-14(7-5-13)22-9-10-23-17-19-15-8-3-12(18)11-16(15)20-17/h3-8,11H,2,9-10H2,1H3,(H,19,20). The van der Waals surface area contributed by atoms with E-state index in [1.54, 1.807) is 11.8 Å². The summed E-state index contributed by atoms with van der Waals surface area (Å²) in [5.41, 5.74) is 1.87. The first-order chi connectivity index (χ1) is 11.2. The van der Waals surface area contributed by atoms with Gasteiger partial charge in [-0.1, -0.05) is 23.4 Å². The Hall–Kier alpha value is -1.85. The summed E-state index contributed by atoms with van der Waals surface area (Å²) < 4.78 is 11.1. The quantitative estimate of drug-likeness (QED) is 0.492. The summed E-state index contributed by atoms with van der Waals surface area (Å²) in [6.07, 6.45) is 0. The fourth-order valence-electron chi connectivity index (χ4n) is 2.12. The van der Waals surface area contributed by atoms with Crippen LogP contribution in [0.3, 0.4) is 0 Å². The molecule has 0 saturated heterocycles. The van der Waals surface area contributed by atoms with Gasteiger partial charge in [-0.15, -0.1) is 0 Å². The van der Waals surface area contributed by atoms with Gasteiger partial charge in [-0.3, -0.25) is 0 Å². The number of hydrogen-bond donors (Lipinski definition) is 1. The number of H-pyrrole nitrogens is 1. The molecule has 0 radical (unpaired) electrons. The normalized spacial score (nSPS) is 10.9. The maximum atomic E-state index is 5.97. The van der Waals surface area contributed by atoms with Crippen LogP contribution < -0.4 is 9.47 Å². The van der Waals surface area contributed by atoms with E-state index in [1.807, 2.05) is 49.4 Å². The Kier molecular flexibility index (Phi) is 5.31. The van der Waals surface area contributed by atoms with Gasteiger partial charge < -0.3 is 14.5 Å². The molecule has 2 aromatic carbocycles. The van der Waals surface area contributed by atoms with Crippen molar-refractivity contribution in [3.05, 3.63) is 47.5 Å². The number of rotatable bonds is 7. The van der Waals surface area contributed by atoms with E-state index in [9.17, 15) is 0 Å². The molecule has 1 aromatic heterocycles. The van der Waals surface area contributed by atoms with E-state index in [0.717, 1.165) is 33.4 Å². The van der Waals surface area contributed by atoms with Crippen molar-refractivity contribution in [2.24, 2.45) is 0 Å². The summed E-state index contributed by atoms with van der Waals surface area (Å²) in [5, 5.41) is 1.58. The lowest BCUT2D eigenvalue weighted by atomic mass is 10.3. The highest BCUT2D eigenvalue weighted by Gasteiger charge is 2.04. The molecular weight excluding hydrogens is 332 g/mol. The SMILES string of the molecule is CCOc1ccc(OCCSc2nc3ccc(Cl)cc3[nH]2)cc1. The molecule has 0 amide bonds. The van der Waals surface area contributed by atoms with Crippen molar-refractivity contribution >= 4 is 34.4 Å². The number of nitrogens with one attached hydrogen (secondary N) is 1. The van der Waals surface area contributed by atoms with E-state index >= 15 is 0 Å².